The van der Waals surface area contributed by atoms with Crippen molar-refractivity contribution in [2.24, 2.45) is 23.5 Å². The Labute approximate surface area is 160 Å². The van der Waals surface area contributed by atoms with Crippen molar-refractivity contribution in [3.8, 4) is 0 Å². The summed E-state index contributed by atoms with van der Waals surface area (Å²) in [4.78, 5) is 47.6. The van der Waals surface area contributed by atoms with Gasteiger partial charge in [-0.1, -0.05) is 41.5 Å². The minimum absolute atomic E-state index is 0.0810. The number of carbonyl (C=O) groups is 4. The first-order valence-corrected chi connectivity index (χ1v) is 9.22. The van der Waals surface area contributed by atoms with Crippen LogP contribution < -0.4 is 21.7 Å². The summed E-state index contributed by atoms with van der Waals surface area (Å²) >= 11 is 0. The molecule has 9 nitrogen and oxygen atoms in total. The van der Waals surface area contributed by atoms with Gasteiger partial charge in [0.05, 0.1) is 12.6 Å². The van der Waals surface area contributed by atoms with E-state index in [1.165, 1.54) is 0 Å². The van der Waals surface area contributed by atoms with E-state index in [0.717, 1.165) is 0 Å². The monoisotopic (exact) mass is 386 g/mol. The number of carboxylic acids is 1. The van der Waals surface area contributed by atoms with Crippen LogP contribution >= 0.6 is 0 Å². The van der Waals surface area contributed by atoms with E-state index in [-0.39, 0.29) is 24.3 Å². The van der Waals surface area contributed by atoms with Crippen LogP contribution in [0.15, 0.2) is 0 Å². The highest BCUT2D eigenvalue weighted by Crippen LogP contribution is 2.07. The predicted molar refractivity (Wildman–Crippen MR) is 102 cm³/mol. The fraction of sp³-hybridized carbons (Fsp3) is 0.778. The highest BCUT2D eigenvalue weighted by atomic mass is 16.4. The summed E-state index contributed by atoms with van der Waals surface area (Å²) in [5.41, 5.74) is 5.81. The molecule has 6 N–H and O–H groups in total. The number of aliphatic carboxylic acids is 1. The van der Waals surface area contributed by atoms with E-state index >= 15 is 0 Å². The molecule has 0 radical (unpaired) electrons. The van der Waals surface area contributed by atoms with E-state index in [4.69, 9.17) is 10.8 Å². The first-order chi connectivity index (χ1) is 12.4. The lowest BCUT2D eigenvalue weighted by molar-refractivity contribution is -0.143. The molecule has 0 saturated carbocycles. The van der Waals surface area contributed by atoms with Crippen molar-refractivity contribution in [2.45, 2.75) is 66.1 Å². The van der Waals surface area contributed by atoms with Crippen LogP contribution in [0.3, 0.4) is 0 Å². The zero-order valence-corrected chi connectivity index (χ0v) is 17.0. The number of amides is 3. The quantitative estimate of drug-likeness (QED) is 0.333. The molecule has 3 amide bonds. The van der Waals surface area contributed by atoms with Crippen LogP contribution in [0.5, 0.6) is 0 Å². The fourth-order valence-electron chi connectivity index (χ4n) is 2.30. The molecule has 0 aromatic carbocycles. The molecule has 0 bridgehead atoms. The minimum Gasteiger partial charge on any atom is -0.480 e. The number of hydrogen-bond donors (Lipinski definition) is 5. The van der Waals surface area contributed by atoms with Crippen LogP contribution in [0.4, 0.5) is 0 Å². The Balaban J connectivity index is 4.83. The highest BCUT2D eigenvalue weighted by molar-refractivity contribution is 5.92. The third kappa shape index (κ3) is 9.37. The summed E-state index contributed by atoms with van der Waals surface area (Å²) in [5, 5.41) is 16.5. The minimum atomic E-state index is -1.14. The number of nitrogens with two attached hydrogens (primary N) is 1. The Hall–Kier alpha value is -2.16. The van der Waals surface area contributed by atoms with Gasteiger partial charge < -0.3 is 26.8 Å². The molecule has 9 heteroatoms. The zero-order valence-electron chi connectivity index (χ0n) is 17.0. The molecule has 27 heavy (non-hydrogen) atoms. The standard InChI is InChI=1S/C18H34N4O5/c1-9(2)7-12(21-17(25)14(19)10(3)4)16(24)20-8-13(23)22-15(11(5)6)18(26)27/h9-12,14-15H,7-8,19H2,1-6H3,(H,20,24)(H,21,25)(H,22,23)(H,26,27). The van der Waals surface area contributed by atoms with Crippen molar-refractivity contribution in [2.75, 3.05) is 6.54 Å². The van der Waals surface area contributed by atoms with E-state index in [2.05, 4.69) is 16.0 Å². The lowest BCUT2D eigenvalue weighted by Gasteiger charge is -2.23. The molecular formula is C18H34N4O5. The van der Waals surface area contributed by atoms with Gasteiger partial charge in [0.1, 0.15) is 12.1 Å². The number of hydrogen-bond acceptors (Lipinski definition) is 5. The first-order valence-electron chi connectivity index (χ1n) is 9.22. The van der Waals surface area contributed by atoms with Crippen LogP contribution in [-0.2, 0) is 19.2 Å². The van der Waals surface area contributed by atoms with Gasteiger partial charge in [0.25, 0.3) is 0 Å². The Bertz CT molecular complexity index is 534. The average molecular weight is 386 g/mol. The maximum atomic E-state index is 12.4. The average Bonchev–Trinajstić information content (AvgIpc) is 2.54. The van der Waals surface area contributed by atoms with Crippen LogP contribution in [0.1, 0.15) is 48.0 Å². The topological polar surface area (TPSA) is 151 Å². The second kappa shape index (κ2) is 11.5. The van der Waals surface area contributed by atoms with E-state index in [1.807, 2.05) is 13.8 Å². The van der Waals surface area contributed by atoms with Gasteiger partial charge in [-0.05, 0) is 24.2 Å². The third-order valence-corrected chi connectivity index (χ3v) is 4.03. The molecule has 0 aliphatic rings. The second-order valence-corrected chi connectivity index (χ2v) is 7.81. The first kappa shape index (κ1) is 24.8. The van der Waals surface area contributed by atoms with Gasteiger partial charge in [-0.15, -0.1) is 0 Å². The molecule has 0 fully saturated rings. The van der Waals surface area contributed by atoms with Crippen LogP contribution in [0.2, 0.25) is 0 Å². The van der Waals surface area contributed by atoms with E-state index < -0.39 is 41.8 Å². The van der Waals surface area contributed by atoms with Crippen molar-refractivity contribution in [1.82, 2.24) is 16.0 Å². The summed E-state index contributed by atoms with van der Waals surface area (Å²) in [6.45, 7) is 10.4. The van der Waals surface area contributed by atoms with Crippen LogP contribution in [-0.4, -0.2) is 53.5 Å². The molecule has 156 valence electrons. The summed E-state index contributed by atoms with van der Waals surface area (Å²) in [5.74, 6) is -2.95. The molecule has 0 aliphatic heterocycles. The van der Waals surface area contributed by atoms with Gasteiger partial charge in [0.2, 0.25) is 17.7 Å². The molecule has 0 aromatic rings. The smallest absolute Gasteiger partial charge is 0.326 e. The lowest BCUT2D eigenvalue weighted by Crippen LogP contribution is -2.55. The fourth-order valence-corrected chi connectivity index (χ4v) is 2.30. The normalized spacial score (nSPS) is 14.6. The number of carbonyl (C=O) groups excluding carboxylic acids is 3. The molecule has 0 aromatic heterocycles. The van der Waals surface area contributed by atoms with Gasteiger partial charge in [-0.25, -0.2) is 4.79 Å². The van der Waals surface area contributed by atoms with Crippen LogP contribution in [0, 0.1) is 17.8 Å². The number of nitrogens with one attached hydrogen (secondary N) is 3. The van der Waals surface area contributed by atoms with E-state index in [0.29, 0.717) is 6.42 Å². The zero-order chi connectivity index (χ0) is 21.3. The summed E-state index contributed by atoms with van der Waals surface area (Å²) in [6.07, 6.45) is 0.383. The lowest BCUT2D eigenvalue weighted by atomic mass is 10.0. The Morgan fingerprint density at radius 2 is 1.44 bits per heavy atom. The van der Waals surface area contributed by atoms with Gasteiger partial charge in [0, 0.05) is 0 Å². The number of rotatable bonds is 11. The van der Waals surface area contributed by atoms with Gasteiger partial charge in [-0.2, -0.15) is 0 Å². The van der Waals surface area contributed by atoms with Crippen molar-refractivity contribution >= 4 is 23.7 Å². The summed E-state index contributed by atoms with van der Waals surface area (Å²) < 4.78 is 0. The highest BCUT2D eigenvalue weighted by Gasteiger charge is 2.27. The third-order valence-electron chi connectivity index (χ3n) is 4.03. The van der Waals surface area contributed by atoms with Crippen molar-refractivity contribution in [3.05, 3.63) is 0 Å². The van der Waals surface area contributed by atoms with Gasteiger partial charge in [0.15, 0.2) is 0 Å². The Morgan fingerprint density at radius 1 is 0.889 bits per heavy atom. The summed E-state index contributed by atoms with van der Waals surface area (Å²) in [6, 6.07) is -2.60. The molecular weight excluding hydrogens is 352 g/mol. The Kier molecular flexibility index (Phi) is 10.6. The molecule has 0 heterocycles. The van der Waals surface area contributed by atoms with Gasteiger partial charge >= 0.3 is 5.97 Å². The molecule has 0 spiro atoms. The largest absolute Gasteiger partial charge is 0.480 e. The van der Waals surface area contributed by atoms with Crippen molar-refractivity contribution in [1.29, 1.82) is 0 Å². The molecule has 0 aliphatic carbocycles. The second-order valence-electron chi connectivity index (χ2n) is 7.81. The van der Waals surface area contributed by atoms with Gasteiger partial charge in [-0.3, -0.25) is 14.4 Å². The predicted octanol–water partition coefficient (Wildman–Crippen LogP) is -0.158. The molecule has 3 atom stereocenters. The molecule has 0 rings (SSSR count). The SMILES string of the molecule is CC(C)CC(NC(=O)C(N)C(C)C)C(=O)NCC(=O)NC(C(=O)O)C(C)C. The molecule has 0 saturated heterocycles. The maximum Gasteiger partial charge on any atom is 0.326 e. The van der Waals surface area contributed by atoms with Crippen molar-refractivity contribution < 1.29 is 24.3 Å². The Morgan fingerprint density at radius 3 is 1.85 bits per heavy atom. The maximum absolute atomic E-state index is 12.4. The van der Waals surface area contributed by atoms with E-state index in [9.17, 15) is 19.2 Å². The van der Waals surface area contributed by atoms with E-state index in [1.54, 1.807) is 27.7 Å². The van der Waals surface area contributed by atoms with Crippen LogP contribution in [0.25, 0.3) is 0 Å². The molecule has 3 unspecified atom stereocenters. The number of carboxylic acid groups (broad SMARTS) is 1. The van der Waals surface area contributed by atoms with Crippen molar-refractivity contribution in [3.63, 3.8) is 0 Å². The summed E-state index contributed by atoms with van der Waals surface area (Å²) in [7, 11) is 0.